The van der Waals surface area contributed by atoms with Crippen molar-refractivity contribution in [1.29, 1.82) is 0 Å². The Kier molecular flexibility index (Phi) is 14.0. The van der Waals surface area contributed by atoms with Crippen molar-refractivity contribution < 1.29 is 44.4 Å². The van der Waals surface area contributed by atoms with E-state index in [4.69, 9.17) is 5.84 Å². The van der Waals surface area contributed by atoms with Gasteiger partial charge in [-0.05, 0) is 20.3 Å². The van der Waals surface area contributed by atoms with Gasteiger partial charge in [0.25, 0.3) is 0 Å². The van der Waals surface area contributed by atoms with Crippen LogP contribution in [0.3, 0.4) is 0 Å². The van der Waals surface area contributed by atoms with Crippen molar-refractivity contribution in [3.63, 3.8) is 0 Å². The molecule has 1 unspecified atom stereocenters. The van der Waals surface area contributed by atoms with Gasteiger partial charge in [0.1, 0.15) is 6.04 Å². The second-order valence-corrected chi connectivity index (χ2v) is 9.33. The number of hydrazine groups is 1. The first-order chi connectivity index (χ1) is 17.3. The predicted molar refractivity (Wildman–Crippen MR) is 131 cm³/mol. The van der Waals surface area contributed by atoms with Crippen molar-refractivity contribution in [1.82, 2.24) is 24.6 Å². The van der Waals surface area contributed by atoms with Gasteiger partial charge in [0.2, 0.25) is 5.91 Å². The lowest BCUT2D eigenvalue weighted by Crippen LogP contribution is -2.52. The van der Waals surface area contributed by atoms with Gasteiger partial charge in [-0.25, -0.2) is 5.84 Å². The monoisotopic (exact) mass is 532 g/mol. The average Bonchev–Trinajstić information content (AvgIpc) is 2.78. The molecule has 6 N–H and O–H groups in total. The van der Waals surface area contributed by atoms with Crippen LogP contribution in [0, 0.1) is 0 Å². The lowest BCUT2D eigenvalue weighted by Gasteiger charge is -2.35. The van der Waals surface area contributed by atoms with E-state index in [9.17, 15) is 44.4 Å². The highest BCUT2D eigenvalue weighted by atomic mass is 16.4. The molecule has 0 radical (unpaired) electrons. The van der Waals surface area contributed by atoms with E-state index < -0.39 is 35.8 Å². The number of hydrogen-bond donors (Lipinski definition) is 5. The van der Waals surface area contributed by atoms with Crippen molar-refractivity contribution >= 4 is 29.8 Å². The Hall–Kier alpha value is -2.85. The van der Waals surface area contributed by atoms with Crippen LogP contribution < -0.4 is 5.84 Å². The number of carbonyl (C=O) groups excluding carboxylic acids is 1. The van der Waals surface area contributed by atoms with E-state index in [1.807, 2.05) is 0 Å². The van der Waals surface area contributed by atoms with Crippen molar-refractivity contribution in [2.24, 2.45) is 5.84 Å². The summed E-state index contributed by atoms with van der Waals surface area (Å²) in [5.74, 6) is 0.972. The first kappa shape index (κ1) is 32.2. The summed E-state index contributed by atoms with van der Waals surface area (Å²) in [6.07, 6.45) is -0.136. The lowest BCUT2D eigenvalue weighted by atomic mass is 10.1. The second-order valence-electron chi connectivity index (χ2n) is 9.33. The molecule has 1 saturated heterocycles. The van der Waals surface area contributed by atoms with Gasteiger partial charge in [-0.1, -0.05) is 0 Å². The van der Waals surface area contributed by atoms with Crippen LogP contribution in [0.5, 0.6) is 0 Å². The van der Waals surface area contributed by atoms with E-state index in [2.05, 4.69) is 0 Å². The molecular weight excluding hydrogens is 492 g/mol. The minimum Gasteiger partial charge on any atom is -0.480 e. The zero-order chi connectivity index (χ0) is 28.1. The maximum atomic E-state index is 12.4. The van der Waals surface area contributed by atoms with E-state index in [1.54, 1.807) is 33.4 Å². The molecule has 1 rings (SSSR count). The Morgan fingerprint density at radius 2 is 1.05 bits per heavy atom. The predicted octanol–water partition coefficient (Wildman–Crippen LogP) is -2.19. The minimum absolute atomic E-state index is 0.0289. The summed E-state index contributed by atoms with van der Waals surface area (Å²) in [6.45, 7) is 4.12. The van der Waals surface area contributed by atoms with Crippen LogP contribution in [-0.2, 0) is 24.0 Å². The van der Waals surface area contributed by atoms with E-state index in [1.165, 1.54) is 0 Å². The van der Waals surface area contributed by atoms with Crippen LogP contribution in [-0.4, -0.2) is 159 Å². The summed E-state index contributed by atoms with van der Waals surface area (Å²) < 4.78 is 0. The second kappa shape index (κ2) is 16.1. The SMILES string of the molecule is CC(C)N(N)C(=O)CCC(C(=O)O)N1CCN(CC(=O)O)CCN(CC(=O)O)CCN(CC(=O)O)CC1. The van der Waals surface area contributed by atoms with E-state index in [0.29, 0.717) is 0 Å². The Morgan fingerprint density at radius 3 is 1.35 bits per heavy atom. The fourth-order valence-electron chi connectivity index (χ4n) is 4.05. The average molecular weight is 533 g/mol. The molecule has 0 bridgehead atoms. The Labute approximate surface area is 215 Å². The van der Waals surface area contributed by atoms with Crippen molar-refractivity contribution in [2.75, 3.05) is 72.0 Å². The van der Waals surface area contributed by atoms with Crippen LogP contribution in [0.25, 0.3) is 0 Å². The molecule has 0 saturated carbocycles. The molecule has 1 fully saturated rings. The molecule has 1 aliphatic heterocycles. The number of rotatable bonds is 12. The fraction of sp³-hybridized carbons (Fsp3) is 0.773. The largest absolute Gasteiger partial charge is 0.480 e. The highest BCUT2D eigenvalue weighted by molar-refractivity contribution is 5.78. The van der Waals surface area contributed by atoms with Crippen LogP contribution >= 0.6 is 0 Å². The van der Waals surface area contributed by atoms with Gasteiger partial charge in [-0.2, -0.15) is 0 Å². The zero-order valence-electron chi connectivity index (χ0n) is 21.5. The Morgan fingerprint density at radius 1 is 0.703 bits per heavy atom. The molecule has 1 amide bonds. The van der Waals surface area contributed by atoms with Gasteiger partial charge in [0.15, 0.2) is 0 Å². The Balaban J connectivity index is 3.14. The third kappa shape index (κ3) is 12.8. The van der Waals surface area contributed by atoms with Crippen LogP contribution in [0.15, 0.2) is 0 Å². The fourth-order valence-corrected chi connectivity index (χ4v) is 4.05. The summed E-state index contributed by atoms with van der Waals surface area (Å²) in [4.78, 5) is 65.0. The smallest absolute Gasteiger partial charge is 0.320 e. The van der Waals surface area contributed by atoms with Crippen LogP contribution in [0.1, 0.15) is 26.7 Å². The van der Waals surface area contributed by atoms with Crippen LogP contribution in [0.4, 0.5) is 0 Å². The van der Waals surface area contributed by atoms with Gasteiger partial charge >= 0.3 is 23.9 Å². The summed E-state index contributed by atoms with van der Waals surface area (Å²) in [7, 11) is 0. The molecule has 1 atom stereocenters. The number of carboxylic acid groups (broad SMARTS) is 4. The molecule has 1 aliphatic rings. The third-order valence-electron chi connectivity index (χ3n) is 6.15. The molecule has 15 nitrogen and oxygen atoms in total. The van der Waals surface area contributed by atoms with Crippen LogP contribution in [0.2, 0.25) is 0 Å². The number of carbonyl (C=O) groups is 5. The van der Waals surface area contributed by atoms with Crippen molar-refractivity contribution in [3.05, 3.63) is 0 Å². The van der Waals surface area contributed by atoms with Gasteiger partial charge in [-0.3, -0.25) is 48.6 Å². The number of nitrogens with zero attached hydrogens (tertiary/aromatic N) is 5. The van der Waals surface area contributed by atoms with Gasteiger partial charge in [0, 0.05) is 64.8 Å². The molecular formula is C22H40N6O9. The van der Waals surface area contributed by atoms with Crippen molar-refractivity contribution in [2.45, 2.75) is 38.8 Å². The third-order valence-corrected chi connectivity index (χ3v) is 6.15. The van der Waals surface area contributed by atoms with E-state index in [-0.39, 0.29) is 90.9 Å². The first-order valence-electron chi connectivity index (χ1n) is 12.2. The number of hydrogen-bond acceptors (Lipinski definition) is 10. The maximum absolute atomic E-state index is 12.4. The molecule has 0 aromatic carbocycles. The summed E-state index contributed by atoms with van der Waals surface area (Å²) in [5, 5.41) is 38.8. The lowest BCUT2D eigenvalue weighted by molar-refractivity contribution is -0.145. The standard InChI is InChI=1S/C22H40N6O9/c1-16(2)28(23)18(29)4-3-17(22(36)37)27-11-9-25(14-20(32)33)7-5-24(13-19(30)31)6-8-26(10-12-27)15-21(34)35/h16-17H,3-15,23H2,1-2H3,(H,30,31)(H,32,33)(H,34,35)(H,36,37). The summed E-state index contributed by atoms with van der Waals surface area (Å²) >= 11 is 0. The molecule has 1 heterocycles. The summed E-state index contributed by atoms with van der Waals surface area (Å²) in [5.41, 5.74) is 0. The summed E-state index contributed by atoms with van der Waals surface area (Å²) in [6, 6.07) is -1.33. The number of nitrogens with two attached hydrogens (primary N) is 1. The molecule has 0 aliphatic carbocycles. The first-order valence-corrected chi connectivity index (χ1v) is 12.2. The van der Waals surface area contributed by atoms with Gasteiger partial charge in [0.05, 0.1) is 19.6 Å². The van der Waals surface area contributed by atoms with E-state index >= 15 is 0 Å². The minimum atomic E-state index is -1.16. The highest BCUT2D eigenvalue weighted by Crippen LogP contribution is 2.12. The maximum Gasteiger partial charge on any atom is 0.320 e. The molecule has 0 aromatic heterocycles. The molecule has 15 heteroatoms. The van der Waals surface area contributed by atoms with Crippen molar-refractivity contribution in [3.8, 4) is 0 Å². The molecule has 0 spiro atoms. The van der Waals surface area contributed by atoms with E-state index in [0.717, 1.165) is 5.01 Å². The van der Waals surface area contributed by atoms with Gasteiger partial charge < -0.3 is 20.4 Å². The highest BCUT2D eigenvalue weighted by Gasteiger charge is 2.29. The topological polar surface area (TPSA) is 208 Å². The number of carboxylic acids is 4. The molecule has 37 heavy (non-hydrogen) atoms. The zero-order valence-corrected chi connectivity index (χ0v) is 21.5. The van der Waals surface area contributed by atoms with Gasteiger partial charge in [-0.15, -0.1) is 0 Å². The quantitative estimate of drug-likeness (QED) is 0.103. The number of aliphatic carboxylic acids is 4. The normalized spacial score (nSPS) is 18.5. The Bertz CT molecular complexity index is 765. The molecule has 212 valence electrons. The molecule has 0 aromatic rings. The number of amides is 1.